The van der Waals surface area contributed by atoms with Gasteiger partial charge < -0.3 is 15.0 Å². The summed E-state index contributed by atoms with van der Waals surface area (Å²) < 4.78 is 5.17. The number of carbonyl (C=O) groups is 3. The lowest BCUT2D eigenvalue weighted by Crippen LogP contribution is -2.28. The molecular weight excluding hydrogens is 392 g/mol. The van der Waals surface area contributed by atoms with Crippen LogP contribution in [0, 0.1) is 12.8 Å². The van der Waals surface area contributed by atoms with Gasteiger partial charge in [0.1, 0.15) is 0 Å². The van der Waals surface area contributed by atoms with Crippen molar-refractivity contribution in [2.45, 2.75) is 26.7 Å². The number of nitrogens with one attached hydrogen (secondary N) is 1. The Hall–Kier alpha value is -2.86. The molecule has 1 fully saturated rings. The lowest BCUT2D eigenvalue weighted by molar-refractivity contribution is -0.151. The van der Waals surface area contributed by atoms with Crippen LogP contribution in [0.2, 0.25) is 5.02 Å². The van der Waals surface area contributed by atoms with Gasteiger partial charge in [-0.2, -0.15) is 0 Å². The summed E-state index contributed by atoms with van der Waals surface area (Å²) in [5.41, 5.74) is 3.35. The van der Waals surface area contributed by atoms with Crippen molar-refractivity contribution in [1.29, 1.82) is 0 Å². The van der Waals surface area contributed by atoms with Gasteiger partial charge in [0, 0.05) is 29.4 Å². The van der Waals surface area contributed by atoms with Crippen LogP contribution in [0.4, 0.5) is 11.4 Å². The Morgan fingerprint density at radius 1 is 1.24 bits per heavy atom. The second-order valence-corrected chi connectivity index (χ2v) is 7.44. The number of carbonyl (C=O) groups excluding carboxylic acids is 3. The minimum Gasteiger partial charge on any atom is -0.455 e. The lowest BCUT2D eigenvalue weighted by atomic mass is 10.1. The van der Waals surface area contributed by atoms with Crippen LogP contribution < -0.4 is 10.2 Å². The molecule has 2 aromatic carbocycles. The maximum atomic E-state index is 12.4. The number of halogens is 1. The van der Waals surface area contributed by atoms with Crippen LogP contribution in [0.5, 0.6) is 0 Å². The van der Waals surface area contributed by atoms with Crippen LogP contribution in [0.3, 0.4) is 0 Å². The van der Waals surface area contributed by atoms with Crippen LogP contribution in [0.25, 0.3) is 0 Å². The zero-order valence-corrected chi connectivity index (χ0v) is 17.2. The molecule has 152 valence electrons. The topological polar surface area (TPSA) is 75.7 Å². The highest BCUT2D eigenvalue weighted by atomic mass is 35.5. The van der Waals surface area contributed by atoms with Gasteiger partial charge in [0.05, 0.1) is 5.92 Å². The van der Waals surface area contributed by atoms with Gasteiger partial charge in [-0.1, -0.05) is 42.8 Å². The van der Waals surface area contributed by atoms with Crippen molar-refractivity contribution in [3.8, 4) is 0 Å². The first-order valence-electron chi connectivity index (χ1n) is 9.50. The van der Waals surface area contributed by atoms with E-state index >= 15 is 0 Å². The summed E-state index contributed by atoms with van der Waals surface area (Å²) in [4.78, 5) is 38.4. The molecule has 0 aliphatic carbocycles. The molecule has 2 aromatic rings. The Kier molecular flexibility index (Phi) is 6.54. The molecule has 1 heterocycles. The average Bonchev–Trinajstić information content (AvgIpc) is 3.09. The molecule has 0 aromatic heterocycles. The maximum Gasteiger partial charge on any atom is 0.311 e. The van der Waals surface area contributed by atoms with Crippen molar-refractivity contribution in [1.82, 2.24) is 0 Å². The standard InChI is InChI=1S/C22H23ClN2O4/c1-3-15-7-4-6-14(2)21(15)24-19(26)13-29-22(28)16-10-20(27)25(12-16)18-9-5-8-17(23)11-18/h4-9,11,16H,3,10,12-13H2,1-2H3,(H,24,26). The monoisotopic (exact) mass is 414 g/mol. The molecule has 3 rings (SSSR count). The lowest BCUT2D eigenvalue weighted by Gasteiger charge is -2.17. The van der Waals surface area contributed by atoms with Crippen molar-refractivity contribution < 1.29 is 19.1 Å². The second kappa shape index (κ2) is 9.09. The van der Waals surface area contributed by atoms with E-state index in [0.717, 1.165) is 23.2 Å². The molecule has 6 nitrogen and oxygen atoms in total. The third kappa shape index (κ3) is 4.95. The molecule has 0 radical (unpaired) electrons. The molecule has 1 aliphatic rings. The van der Waals surface area contributed by atoms with Crippen molar-refractivity contribution in [3.63, 3.8) is 0 Å². The van der Waals surface area contributed by atoms with E-state index in [4.69, 9.17) is 16.3 Å². The number of benzene rings is 2. The van der Waals surface area contributed by atoms with Gasteiger partial charge in [0.25, 0.3) is 5.91 Å². The third-order valence-electron chi connectivity index (χ3n) is 4.93. The van der Waals surface area contributed by atoms with Gasteiger partial charge in [-0.3, -0.25) is 14.4 Å². The molecule has 0 saturated carbocycles. The number of ether oxygens (including phenoxy) is 1. The molecule has 1 unspecified atom stereocenters. The fourth-order valence-corrected chi connectivity index (χ4v) is 3.58. The summed E-state index contributed by atoms with van der Waals surface area (Å²) in [7, 11) is 0. The number of amides is 2. The number of hydrogen-bond donors (Lipinski definition) is 1. The number of anilines is 2. The molecule has 1 atom stereocenters. The Bertz CT molecular complexity index is 944. The quantitative estimate of drug-likeness (QED) is 0.730. The largest absolute Gasteiger partial charge is 0.455 e. The molecule has 1 saturated heterocycles. The van der Waals surface area contributed by atoms with Crippen molar-refractivity contribution >= 4 is 40.8 Å². The van der Waals surface area contributed by atoms with Crippen LogP contribution in [-0.2, 0) is 25.5 Å². The number of para-hydroxylation sites is 1. The SMILES string of the molecule is CCc1cccc(C)c1NC(=O)COC(=O)C1CC(=O)N(c2cccc(Cl)c2)C1. The molecule has 1 N–H and O–H groups in total. The van der Waals surface area contributed by atoms with E-state index in [9.17, 15) is 14.4 Å². The summed E-state index contributed by atoms with van der Waals surface area (Å²) in [6.07, 6.45) is 0.825. The second-order valence-electron chi connectivity index (χ2n) is 7.00. The Balaban J connectivity index is 1.56. The summed E-state index contributed by atoms with van der Waals surface area (Å²) in [5.74, 6) is -1.75. The minimum atomic E-state index is -0.612. The normalized spacial score (nSPS) is 16.0. The molecule has 29 heavy (non-hydrogen) atoms. The molecule has 0 spiro atoms. The zero-order chi connectivity index (χ0) is 21.0. The summed E-state index contributed by atoms with van der Waals surface area (Å²) in [6.45, 7) is 3.73. The van der Waals surface area contributed by atoms with E-state index in [1.807, 2.05) is 32.0 Å². The average molecular weight is 415 g/mol. The summed E-state index contributed by atoms with van der Waals surface area (Å²) in [6, 6.07) is 12.7. The number of aryl methyl sites for hydroxylation is 2. The van der Waals surface area contributed by atoms with Crippen molar-refractivity contribution in [3.05, 3.63) is 58.6 Å². The highest BCUT2D eigenvalue weighted by molar-refractivity contribution is 6.31. The molecule has 1 aliphatic heterocycles. The molecule has 0 bridgehead atoms. The first-order chi connectivity index (χ1) is 13.9. The highest BCUT2D eigenvalue weighted by Crippen LogP contribution is 2.28. The van der Waals surface area contributed by atoms with Crippen LogP contribution in [0.15, 0.2) is 42.5 Å². The minimum absolute atomic E-state index is 0.0464. The van der Waals surface area contributed by atoms with E-state index < -0.39 is 24.4 Å². The number of esters is 1. The predicted molar refractivity (Wildman–Crippen MR) is 112 cm³/mol. The first kappa shape index (κ1) is 20.9. The highest BCUT2D eigenvalue weighted by Gasteiger charge is 2.36. The van der Waals surface area contributed by atoms with E-state index in [2.05, 4.69) is 5.32 Å². The van der Waals surface area contributed by atoms with Gasteiger partial charge >= 0.3 is 5.97 Å². The molecule has 7 heteroatoms. The Morgan fingerprint density at radius 2 is 2.00 bits per heavy atom. The van der Waals surface area contributed by atoms with Crippen molar-refractivity contribution in [2.75, 3.05) is 23.4 Å². The van der Waals surface area contributed by atoms with Gasteiger partial charge in [-0.15, -0.1) is 0 Å². The summed E-state index contributed by atoms with van der Waals surface area (Å²) >= 11 is 5.98. The fraction of sp³-hybridized carbons (Fsp3) is 0.318. The number of rotatable bonds is 6. The maximum absolute atomic E-state index is 12.4. The van der Waals surface area contributed by atoms with Crippen LogP contribution in [0.1, 0.15) is 24.5 Å². The van der Waals surface area contributed by atoms with Crippen molar-refractivity contribution in [2.24, 2.45) is 5.92 Å². The van der Waals surface area contributed by atoms with E-state index in [-0.39, 0.29) is 18.9 Å². The third-order valence-corrected chi connectivity index (χ3v) is 5.16. The number of nitrogens with zero attached hydrogens (tertiary/aromatic N) is 1. The van der Waals surface area contributed by atoms with E-state index in [1.165, 1.54) is 4.90 Å². The van der Waals surface area contributed by atoms with Crippen LogP contribution >= 0.6 is 11.6 Å². The van der Waals surface area contributed by atoms with Gasteiger partial charge in [0.2, 0.25) is 5.91 Å². The van der Waals surface area contributed by atoms with E-state index in [1.54, 1.807) is 24.3 Å². The van der Waals surface area contributed by atoms with Crippen LogP contribution in [-0.4, -0.2) is 30.9 Å². The number of hydrogen-bond acceptors (Lipinski definition) is 4. The Morgan fingerprint density at radius 3 is 2.72 bits per heavy atom. The predicted octanol–water partition coefficient (Wildman–Crippen LogP) is 3.75. The summed E-state index contributed by atoms with van der Waals surface area (Å²) in [5, 5.41) is 3.33. The zero-order valence-electron chi connectivity index (χ0n) is 16.4. The van der Waals surface area contributed by atoms with Gasteiger partial charge in [-0.25, -0.2) is 0 Å². The van der Waals surface area contributed by atoms with E-state index in [0.29, 0.717) is 10.7 Å². The van der Waals surface area contributed by atoms with Gasteiger partial charge in [0.15, 0.2) is 6.61 Å². The smallest absolute Gasteiger partial charge is 0.311 e. The molecular formula is C22H23ClN2O4. The van der Waals surface area contributed by atoms with Gasteiger partial charge in [-0.05, 0) is 42.7 Å². The molecule has 2 amide bonds. The fourth-order valence-electron chi connectivity index (χ4n) is 3.39. The first-order valence-corrected chi connectivity index (χ1v) is 9.87. The Labute approximate surface area is 174 Å².